The highest BCUT2D eigenvalue weighted by molar-refractivity contribution is 5.74. The normalized spacial score (nSPS) is 10.3. The number of esters is 2. The molecule has 116 valence electrons. The fourth-order valence-electron chi connectivity index (χ4n) is 1.73. The maximum absolute atomic E-state index is 13.6. The number of rotatable bonds is 7. The van der Waals surface area contributed by atoms with Crippen molar-refractivity contribution in [2.75, 3.05) is 34.4 Å². The Kier molecular flexibility index (Phi) is 6.61. The van der Waals surface area contributed by atoms with Crippen molar-refractivity contribution in [3.05, 3.63) is 29.6 Å². The highest BCUT2D eigenvalue weighted by Gasteiger charge is 2.16. The Balaban J connectivity index is 2.81. The Morgan fingerprint density at radius 3 is 2.10 bits per heavy atom. The van der Waals surface area contributed by atoms with E-state index in [9.17, 15) is 14.0 Å². The molecule has 0 amide bonds. The molecule has 0 fully saturated rings. The second kappa shape index (κ2) is 8.21. The van der Waals surface area contributed by atoms with Gasteiger partial charge >= 0.3 is 11.9 Å². The van der Waals surface area contributed by atoms with Crippen molar-refractivity contribution in [1.29, 1.82) is 0 Å². The van der Waals surface area contributed by atoms with E-state index in [4.69, 9.17) is 4.74 Å². The van der Waals surface area contributed by atoms with Gasteiger partial charge in [0.25, 0.3) is 0 Å². The summed E-state index contributed by atoms with van der Waals surface area (Å²) in [7, 11) is 3.89. The van der Waals surface area contributed by atoms with E-state index in [2.05, 4.69) is 9.47 Å². The van der Waals surface area contributed by atoms with Crippen LogP contribution in [-0.2, 0) is 25.6 Å². The quantitative estimate of drug-likeness (QED) is 0.699. The van der Waals surface area contributed by atoms with Crippen LogP contribution in [0.5, 0.6) is 5.75 Å². The van der Waals surface area contributed by atoms with Gasteiger partial charge in [-0.05, 0) is 17.7 Å². The lowest BCUT2D eigenvalue weighted by Crippen LogP contribution is -2.35. The third-order valence-electron chi connectivity index (χ3n) is 2.78. The highest BCUT2D eigenvalue weighted by atomic mass is 19.1. The maximum Gasteiger partial charge on any atom is 0.319 e. The summed E-state index contributed by atoms with van der Waals surface area (Å²) in [5.74, 6) is -1.36. The minimum atomic E-state index is -0.508. The second-order valence-electron chi connectivity index (χ2n) is 4.27. The topological polar surface area (TPSA) is 65.1 Å². The van der Waals surface area contributed by atoms with Gasteiger partial charge in [0.15, 0.2) is 11.6 Å². The van der Waals surface area contributed by atoms with Crippen molar-refractivity contribution in [2.45, 2.75) is 6.54 Å². The van der Waals surface area contributed by atoms with Crippen LogP contribution in [0.1, 0.15) is 5.56 Å². The molecule has 0 saturated carbocycles. The van der Waals surface area contributed by atoms with Crippen LogP contribution in [0.3, 0.4) is 0 Å². The van der Waals surface area contributed by atoms with Crippen molar-refractivity contribution < 1.29 is 28.2 Å². The smallest absolute Gasteiger partial charge is 0.319 e. The van der Waals surface area contributed by atoms with Gasteiger partial charge in [-0.15, -0.1) is 0 Å². The Morgan fingerprint density at radius 1 is 1.10 bits per heavy atom. The lowest BCUT2D eigenvalue weighted by Gasteiger charge is -2.19. The SMILES string of the molecule is COC(=O)CN(CC(=O)OC)Cc1ccc(OC)c(F)c1. The monoisotopic (exact) mass is 299 g/mol. The Labute approximate surface area is 122 Å². The number of ether oxygens (including phenoxy) is 3. The summed E-state index contributed by atoms with van der Waals surface area (Å²) < 4.78 is 27.6. The first kappa shape index (κ1) is 16.9. The van der Waals surface area contributed by atoms with Crippen LogP contribution in [-0.4, -0.2) is 51.3 Å². The van der Waals surface area contributed by atoms with Gasteiger partial charge in [0.2, 0.25) is 0 Å². The zero-order chi connectivity index (χ0) is 15.8. The minimum absolute atomic E-state index is 0.0980. The van der Waals surface area contributed by atoms with Crippen molar-refractivity contribution >= 4 is 11.9 Å². The molecule has 7 heteroatoms. The van der Waals surface area contributed by atoms with Gasteiger partial charge in [-0.1, -0.05) is 6.07 Å². The van der Waals surface area contributed by atoms with Crippen LogP contribution in [0, 0.1) is 5.82 Å². The van der Waals surface area contributed by atoms with Crippen LogP contribution in [0.25, 0.3) is 0 Å². The van der Waals surface area contributed by atoms with Crippen LogP contribution >= 0.6 is 0 Å². The molecule has 0 aliphatic rings. The van der Waals surface area contributed by atoms with Crippen molar-refractivity contribution in [3.63, 3.8) is 0 Å². The fraction of sp³-hybridized carbons (Fsp3) is 0.429. The number of nitrogens with zero attached hydrogens (tertiary/aromatic N) is 1. The van der Waals surface area contributed by atoms with E-state index in [0.717, 1.165) is 0 Å². The number of benzene rings is 1. The molecule has 0 unspecified atom stereocenters. The molecular formula is C14H18FNO5. The molecule has 0 aromatic heterocycles. The second-order valence-corrected chi connectivity index (χ2v) is 4.27. The van der Waals surface area contributed by atoms with Gasteiger partial charge in [0, 0.05) is 6.54 Å². The van der Waals surface area contributed by atoms with E-state index in [-0.39, 0.29) is 25.4 Å². The minimum Gasteiger partial charge on any atom is -0.494 e. The van der Waals surface area contributed by atoms with Crippen LogP contribution in [0.15, 0.2) is 18.2 Å². The summed E-state index contributed by atoms with van der Waals surface area (Å²) >= 11 is 0. The molecule has 0 aliphatic carbocycles. The first-order valence-corrected chi connectivity index (χ1v) is 6.18. The van der Waals surface area contributed by atoms with Gasteiger partial charge in [-0.2, -0.15) is 0 Å². The van der Waals surface area contributed by atoms with E-state index in [1.807, 2.05) is 0 Å². The molecule has 1 aromatic rings. The summed E-state index contributed by atoms with van der Waals surface area (Å²) in [5.41, 5.74) is 0.598. The largest absolute Gasteiger partial charge is 0.494 e. The first-order valence-electron chi connectivity index (χ1n) is 6.18. The highest BCUT2D eigenvalue weighted by Crippen LogP contribution is 2.18. The van der Waals surface area contributed by atoms with E-state index >= 15 is 0 Å². The number of carbonyl (C=O) groups excluding carboxylic acids is 2. The molecule has 0 radical (unpaired) electrons. The van der Waals surface area contributed by atoms with Crippen molar-refractivity contribution in [3.8, 4) is 5.75 Å². The average molecular weight is 299 g/mol. The van der Waals surface area contributed by atoms with Gasteiger partial charge in [-0.25, -0.2) is 4.39 Å². The molecule has 0 spiro atoms. The summed E-state index contributed by atoms with van der Waals surface area (Å²) in [6.45, 7) is 0.00358. The van der Waals surface area contributed by atoms with E-state index in [1.54, 1.807) is 6.07 Å². The summed E-state index contributed by atoms with van der Waals surface area (Å²) in [4.78, 5) is 24.2. The zero-order valence-electron chi connectivity index (χ0n) is 12.2. The Bertz CT molecular complexity index is 488. The molecule has 21 heavy (non-hydrogen) atoms. The average Bonchev–Trinajstić information content (AvgIpc) is 2.47. The molecule has 1 rings (SSSR count). The van der Waals surface area contributed by atoms with E-state index < -0.39 is 17.8 Å². The Morgan fingerprint density at radius 2 is 1.67 bits per heavy atom. The summed E-state index contributed by atoms with van der Waals surface area (Å²) in [6.07, 6.45) is 0. The zero-order valence-corrected chi connectivity index (χ0v) is 12.2. The Hall–Kier alpha value is -2.15. The molecule has 0 saturated heterocycles. The van der Waals surface area contributed by atoms with Gasteiger partial charge < -0.3 is 14.2 Å². The summed E-state index contributed by atoms with van der Waals surface area (Å²) in [5, 5.41) is 0. The molecule has 6 nitrogen and oxygen atoms in total. The van der Waals surface area contributed by atoms with Gasteiger partial charge in [0.05, 0.1) is 34.4 Å². The molecule has 0 atom stereocenters. The predicted molar refractivity (Wildman–Crippen MR) is 72.3 cm³/mol. The third kappa shape index (κ3) is 5.39. The van der Waals surface area contributed by atoms with Crippen LogP contribution < -0.4 is 4.74 Å². The number of methoxy groups -OCH3 is 3. The molecule has 0 aliphatic heterocycles. The number of hydrogen-bond acceptors (Lipinski definition) is 6. The molecular weight excluding hydrogens is 281 g/mol. The van der Waals surface area contributed by atoms with Gasteiger partial charge in [0.1, 0.15) is 0 Å². The lowest BCUT2D eigenvalue weighted by atomic mass is 10.2. The number of carbonyl (C=O) groups is 2. The van der Waals surface area contributed by atoms with Crippen LogP contribution in [0.2, 0.25) is 0 Å². The third-order valence-corrected chi connectivity index (χ3v) is 2.78. The molecule has 1 aromatic carbocycles. The molecule has 0 N–H and O–H groups in total. The predicted octanol–water partition coefficient (Wildman–Crippen LogP) is 0.982. The number of hydrogen-bond donors (Lipinski definition) is 0. The molecule has 0 heterocycles. The van der Waals surface area contributed by atoms with Crippen LogP contribution in [0.4, 0.5) is 4.39 Å². The van der Waals surface area contributed by atoms with E-state index in [1.165, 1.54) is 38.4 Å². The lowest BCUT2D eigenvalue weighted by molar-refractivity contribution is -0.145. The van der Waals surface area contributed by atoms with E-state index in [0.29, 0.717) is 5.56 Å². The van der Waals surface area contributed by atoms with Gasteiger partial charge in [-0.3, -0.25) is 14.5 Å². The van der Waals surface area contributed by atoms with Crippen molar-refractivity contribution in [2.24, 2.45) is 0 Å². The number of halogens is 1. The standard InChI is InChI=1S/C14H18FNO5/c1-19-12-5-4-10(6-11(12)15)7-16(8-13(17)20-2)9-14(18)21-3/h4-6H,7-9H2,1-3H3. The first-order chi connectivity index (χ1) is 9.99. The maximum atomic E-state index is 13.6. The summed E-state index contributed by atoms with van der Waals surface area (Å²) in [6, 6.07) is 4.43. The molecule has 0 bridgehead atoms. The fourth-order valence-corrected chi connectivity index (χ4v) is 1.73. The van der Waals surface area contributed by atoms with Crippen molar-refractivity contribution in [1.82, 2.24) is 4.90 Å².